The molecule has 2 unspecified atom stereocenters. The van der Waals surface area contributed by atoms with Crippen LogP contribution in [0.1, 0.15) is 386 Å². The van der Waals surface area contributed by atoms with E-state index >= 15 is 0 Å². The number of amides is 1. The first-order chi connectivity index (χ1) is 39.7. The van der Waals surface area contributed by atoms with Crippen LogP contribution in [0.3, 0.4) is 0 Å². The zero-order chi connectivity index (χ0) is 57.6. The highest BCUT2D eigenvalue weighted by molar-refractivity contribution is 5.76. The lowest BCUT2D eigenvalue weighted by molar-refractivity contribution is -0.123. The minimum Gasteiger partial charge on any atom is -0.394 e. The number of hydrogen-bond acceptors (Lipinski definition) is 3. The van der Waals surface area contributed by atoms with Crippen molar-refractivity contribution in [3.63, 3.8) is 0 Å². The van der Waals surface area contributed by atoms with Crippen molar-refractivity contribution in [2.75, 3.05) is 6.61 Å². The van der Waals surface area contributed by atoms with Crippen LogP contribution < -0.4 is 5.32 Å². The Hall–Kier alpha value is -2.17. The minimum atomic E-state index is -0.864. The number of aliphatic hydroxyl groups is 2. The van der Waals surface area contributed by atoms with Crippen LogP contribution >= 0.6 is 0 Å². The molecule has 0 aliphatic rings. The van der Waals surface area contributed by atoms with Crippen molar-refractivity contribution in [3.8, 4) is 0 Å². The number of hydrogen-bond donors (Lipinski definition) is 3. The van der Waals surface area contributed by atoms with Crippen LogP contribution in [0.15, 0.2) is 72.9 Å². The maximum Gasteiger partial charge on any atom is 0.220 e. The van der Waals surface area contributed by atoms with Gasteiger partial charge in [0.25, 0.3) is 0 Å². The summed E-state index contributed by atoms with van der Waals surface area (Å²) in [4.78, 5) is 12.5. The maximum absolute atomic E-state index is 12.5. The molecule has 0 bridgehead atoms. The van der Waals surface area contributed by atoms with Gasteiger partial charge in [0.1, 0.15) is 0 Å². The van der Waals surface area contributed by atoms with Gasteiger partial charge >= 0.3 is 0 Å². The summed E-state index contributed by atoms with van der Waals surface area (Å²) in [7, 11) is 0. The van der Waals surface area contributed by atoms with Crippen LogP contribution in [0.5, 0.6) is 0 Å². The third-order valence-corrected chi connectivity index (χ3v) is 16.7. The summed E-state index contributed by atoms with van der Waals surface area (Å²) in [5.74, 6) is -0.0667. The first-order valence-corrected chi connectivity index (χ1v) is 36.2. The number of carbonyl (C=O) groups is 1. The average Bonchev–Trinajstić information content (AvgIpc) is 3.46. The normalized spacial score (nSPS) is 13.1. The Labute approximate surface area is 501 Å². The molecule has 0 aliphatic carbocycles. The molecule has 0 aromatic rings. The van der Waals surface area contributed by atoms with Crippen molar-refractivity contribution in [2.24, 2.45) is 0 Å². The molecule has 0 aliphatic heterocycles. The van der Waals surface area contributed by atoms with E-state index in [-0.39, 0.29) is 12.5 Å². The van der Waals surface area contributed by atoms with E-state index in [4.69, 9.17) is 0 Å². The van der Waals surface area contributed by atoms with Gasteiger partial charge in [-0.15, -0.1) is 0 Å². The largest absolute Gasteiger partial charge is 0.394 e. The summed E-state index contributed by atoms with van der Waals surface area (Å²) >= 11 is 0. The van der Waals surface area contributed by atoms with E-state index in [1.807, 2.05) is 6.08 Å². The summed E-state index contributed by atoms with van der Waals surface area (Å²) in [6, 6.07) is -0.641. The smallest absolute Gasteiger partial charge is 0.220 e. The molecule has 0 saturated heterocycles. The summed E-state index contributed by atoms with van der Waals surface area (Å²) in [6.07, 6.45) is 103. The second-order valence-electron chi connectivity index (χ2n) is 24.6. The predicted molar refractivity (Wildman–Crippen MR) is 359 cm³/mol. The Morgan fingerprint density at radius 1 is 0.312 bits per heavy atom. The summed E-state index contributed by atoms with van der Waals surface area (Å²) in [5.41, 5.74) is 0. The lowest BCUT2D eigenvalue weighted by atomic mass is 10.0. The molecule has 80 heavy (non-hydrogen) atoms. The van der Waals surface area contributed by atoms with Gasteiger partial charge in [-0.05, 0) is 70.6 Å². The average molecular weight is 1120 g/mol. The van der Waals surface area contributed by atoms with E-state index in [9.17, 15) is 15.0 Å². The fourth-order valence-electron chi connectivity index (χ4n) is 11.3. The Morgan fingerprint density at radius 3 is 0.875 bits per heavy atom. The second-order valence-corrected chi connectivity index (χ2v) is 24.6. The molecule has 0 fully saturated rings. The fraction of sp³-hybridized carbons (Fsp3) is 0.829. The number of rotatable bonds is 67. The fourth-order valence-corrected chi connectivity index (χ4v) is 11.3. The molecule has 2 atom stereocenters. The molecule has 1 amide bonds. The van der Waals surface area contributed by atoms with Crippen LogP contribution in [0, 0.1) is 0 Å². The molecule has 0 heterocycles. The van der Waals surface area contributed by atoms with Gasteiger partial charge < -0.3 is 15.5 Å². The molecule has 0 aromatic carbocycles. The van der Waals surface area contributed by atoms with E-state index in [1.54, 1.807) is 6.08 Å². The lowest BCUT2D eigenvalue weighted by Crippen LogP contribution is -2.45. The summed E-state index contributed by atoms with van der Waals surface area (Å²) in [6.45, 7) is 4.22. The van der Waals surface area contributed by atoms with E-state index in [0.717, 1.165) is 57.8 Å². The van der Waals surface area contributed by atoms with Gasteiger partial charge in [0, 0.05) is 6.42 Å². The van der Waals surface area contributed by atoms with Gasteiger partial charge in [0.15, 0.2) is 0 Å². The van der Waals surface area contributed by atoms with E-state index in [0.29, 0.717) is 6.42 Å². The van der Waals surface area contributed by atoms with Gasteiger partial charge in [-0.2, -0.15) is 0 Å². The van der Waals surface area contributed by atoms with Crippen molar-refractivity contribution >= 4 is 5.91 Å². The monoisotopic (exact) mass is 1120 g/mol. The highest BCUT2D eigenvalue weighted by atomic mass is 16.3. The number of aliphatic hydroxyl groups excluding tert-OH is 2. The summed E-state index contributed by atoms with van der Waals surface area (Å²) < 4.78 is 0. The Kier molecular flexibility index (Phi) is 69.2. The predicted octanol–water partition coefficient (Wildman–Crippen LogP) is 24.8. The Bertz CT molecular complexity index is 1360. The number of nitrogens with one attached hydrogen (secondary N) is 1. The standard InChI is InChI=1S/C76H141NO3/c1-3-5-7-9-11-13-15-17-19-21-23-25-27-29-31-33-34-35-36-37-38-39-40-41-42-44-46-48-50-52-54-56-58-60-62-64-66-68-70-72-76(80)77-74(73-78)75(79)71-69-67-65-63-61-59-57-55-53-51-49-47-45-43-32-30-28-26-24-22-20-18-16-14-12-10-8-6-4-2/h5,7,11,13,17,19,23,25,61,63,69,71,74-75,78-79H,3-4,6,8-10,12,14-16,18,20-22,24,26-60,62,64-68,70,72-73H2,1-2H3,(H,77,80)/b7-5-,13-11-,19-17-,25-23-,63-61+,71-69+. The molecular formula is C76H141NO3. The molecule has 468 valence electrons. The van der Waals surface area contributed by atoms with Gasteiger partial charge in [0.2, 0.25) is 5.91 Å². The SMILES string of the molecule is CC/C=C\C/C=C\C/C=C\C/C=C\CCCCCCCCCCCCCCCCCCCCCCCCCCCCC(=O)NC(CO)C(O)/C=C/CC/C=C/CCCCCCCCCCCCCCCCCCCCCCCCC. The quantitative estimate of drug-likeness (QED) is 0.0420. The molecule has 3 N–H and O–H groups in total. The third-order valence-electron chi connectivity index (χ3n) is 16.7. The van der Waals surface area contributed by atoms with Crippen LogP contribution in [0.2, 0.25) is 0 Å². The Balaban J connectivity index is 3.43. The molecule has 0 rings (SSSR count). The molecule has 4 heteroatoms. The zero-order valence-electron chi connectivity index (χ0n) is 54.1. The van der Waals surface area contributed by atoms with Crippen molar-refractivity contribution in [3.05, 3.63) is 72.9 Å². The van der Waals surface area contributed by atoms with Crippen LogP contribution in [0.4, 0.5) is 0 Å². The Morgan fingerprint density at radius 2 is 0.562 bits per heavy atom. The molecule has 0 saturated carbocycles. The van der Waals surface area contributed by atoms with Gasteiger partial charge in [-0.25, -0.2) is 0 Å². The highest BCUT2D eigenvalue weighted by Crippen LogP contribution is 2.19. The van der Waals surface area contributed by atoms with Crippen LogP contribution in [-0.4, -0.2) is 34.9 Å². The topological polar surface area (TPSA) is 69.6 Å². The molecular weight excluding hydrogens is 975 g/mol. The first kappa shape index (κ1) is 77.8. The van der Waals surface area contributed by atoms with Crippen molar-refractivity contribution in [2.45, 2.75) is 398 Å². The lowest BCUT2D eigenvalue weighted by Gasteiger charge is -2.19. The van der Waals surface area contributed by atoms with Crippen molar-refractivity contribution < 1.29 is 15.0 Å². The van der Waals surface area contributed by atoms with E-state index in [1.165, 1.54) is 308 Å². The van der Waals surface area contributed by atoms with Gasteiger partial charge in [-0.3, -0.25) is 4.79 Å². The third kappa shape index (κ3) is 66.6. The van der Waals surface area contributed by atoms with Gasteiger partial charge in [-0.1, -0.05) is 382 Å². The van der Waals surface area contributed by atoms with Crippen LogP contribution in [-0.2, 0) is 4.79 Å². The van der Waals surface area contributed by atoms with Crippen molar-refractivity contribution in [1.82, 2.24) is 5.32 Å². The van der Waals surface area contributed by atoms with Gasteiger partial charge in [0.05, 0.1) is 18.8 Å². The first-order valence-electron chi connectivity index (χ1n) is 36.2. The summed E-state index contributed by atoms with van der Waals surface area (Å²) in [5, 5.41) is 23.3. The number of carbonyl (C=O) groups excluding carboxylic acids is 1. The zero-order valence-corrected chi connectivity index (χ0v) is 54.1. The molecule has 0 aromatic heterocycles. The maximum atomic E-state index is 12.5. The molecule has 4 nitrogen and oxygen atoms in total. The van der Waals surface area contributed by atoms with Crippen molar-refractivity contribution in [1.29, 1.82) is 0 Å². The highest BCUT2D eigenvalue weighted by Gasteiger charge is 2.18. The second kappa shape index (κ2) is 71.1. The van der Waals surface area contributed by atoms with E-state index in [2.05, 4.69) is 79.9 Å². The molecule has 0 radical (unpaired) electrons. The number of unbranched alkanes of at least 4 members (excludes halogenated alkanes) is 50. The van der Waals surface area contributed by atoms with Crippen LogP contribution in [0.25, 0.3) is 0 Å². The molecule has 0 spiro atoms. The number of allylic oxidation sites excluding steroid dienone is 11. The van der Waals surface area contributed by atoms with E-state index < -0.39 is 12.1 Å². The minimum absolute atomic E-state index is 0.0667.